The zero-order valence-corrected chi connectivity index (χ0v) is 20.8. The molecule has 2 aromatic rings. The number of rotatable bonds is 12. The highest BCUT2D eigenvalue weighted by atomic mass is 35.5. The molecule has 0 spiro atoms. The number of hydrogen-bond donors (Lipinski definition) is 3. The van der Waals surface area contributed by atoms with Crippen molar-refractivity contribution in [1.29, 1.82) is 0 Å². The normalized spacial score (nSPS) is 10.4. The Kier molecular flexibility index (Phi) is 11.7. The number of ether oxygens (including phenoxy) is 1. The lowest BCUT2D eigenvalue weighted by atomic mass is 10.2. The van der Waals surface area contributed by atoms with Crippen LogP contribution in [0.5, 0.6) is 5.75 Å². The summed E-state index contributed by atoms with van der Waals surface area (Å²) in [6.45, 7) is 4.80. The van der Waals surface area contributed by atoms with Gasteiger partial charge < -0.3 is 15.4 Å². The fraction of sp³-hybridized carbons (Fsp3) is 0.400. The van der Waals surface area contributed by atoms with Gasteiger partial charge in [-0.05, 0) is 67.5 Å². The second kappa shape index (κ2) is 14.5. The lowest BCUT2D eigenvalue weighted by molar-refractivity contribution is -0.116. The summed E-state index contributed by atoms with van der Waals surface area (Å²) >= 11 is 11.5. The molecule has 33 heavy (non-hydrogen) atoms. The van der Waals surface area contributed by atoms with Crippen molar-refractivity contribution in [3.63, 3.8) is 0 Å². The Hall–Kier alpha value is -2.64. The van der Waals surface area contributed by atoms with Crippen molar-refractivity contribution in [3.8, 4) is 5.75 Å². The standard InChI is InChI=1S/C25H32ClN3O3S/c1-3-5-6-7-8-16-32-20-13-10-18(11-14-20)24(31)29-25(33)28-22-17-19(12-15-21(22)26)27-23(30)9-4-2/h10-15,17H,3-9,16H2,1-2H3,(H,27,30)(H2,28,29,31,33). The number of amides is 2. The Morgan fingerprint density at radius 3 is 2.36 bits per heavy atom. The van der Waals surface area contributed by atoms with Gasteiger partial charge in [-0.1, -0.05) is 51.1 Å². The van der Waals surface area contributed by atoms with Gasteiger partial charge >= 0.3 is 0 Å². The van der Waals surface area contributed by atoms with E-state index in [0.29, 0.717) is 35.0 Å². The predicted molar refractivity (Wildman–Crippen MR) is 139 cm³/mol. The maximum Gasteiger partial charge on any atom is 0.257 e. The first-order chi connectivity index (χ1) is 15.9. The summed E-state index contributed by atoms with van der Waals surface area (Å²) in [4.78, 5) is 24.3. The van der Waals surface area contributed by atoms with Crippen LogP contribution in [-0.4, -0.2) is 23.5 Å². The molecule has 0 fully saturated rings. The number of carbonyl (C=O) groups excluding carboxylic acids is 2. The Morgan fingerprint density at radius 2 is 1.67 bits per heavy atom. The number of anilines is 2. The van der Waals surface area contributed by atoms with Crippen molar-refractivity contribution in [2.24, 2.45) is 0 Å². The third kappa shape index (κ3) is 9.80. The van der Waals surface area contributed by atoms with E-state index in [-0.39, 0.29) is 16.9 Å². The zero-order chi connectivity index (χ0) is 24.1. The minimum atomic E-state index is -0.345. The third-order valence-electron chi connectivity index (χ3n) is 4.84. The molecule has 6 nitrogen and oxygen atoms in total. The number of hydrogen-bond acceptors (Lipinski definition) is 4. The summed E-state index contributed by atoms with van der Waals surface area (Å²) in [5.41, 5.74) is 1.54. The molecule has 0 aromatic heterocycles. The third-order valence-corrected chi connectivity index (χ3v) is 5.37. The van der Waals surface area contributed by atoms with Crippen LogP contribution in [-0.2, 0) is 4.79 Å². The lowest BCUT2D eigenvalue weighted by Gasteiger charge is -2.13. The predicted octanol–water partition coefficient (Wildman–Crippen LogP) is 6.55. The molecule has 2 aromatic carbocycles. The van der Waals surface area contributed by atoms with Gasteiger partial charge in [-0.3, -0.25) is 14.9 Å². The fourth-order valence-electron chi connectivity index (χ4n) is 3.08. The largest absolute Gasteiger partial charge is 0.494 e. The molecule has 0 bridgehead atoms. The number of thiocarbonyl (C=S) groups is 1. The van der Waals surface area contributed by atoms with Crippen LogP contribution >= 0.6 is 23.8 Å². The maximum atomic E-state index is 12.5. The van der Waals surface area contributed by atoms with E-state index in [2.05, 4.69) is 22.9 Å². The van der Waals surface area contributed by atoms with Crippen molar-refractivity contribution >= 4 is 52.1 Å². The average molecular weight is 490 g/mol. The highest BCUT2D eigenvalue weighted by Gasteiger charge is 2.11. The second-order valence-corrected chi connectivity index (χ2v) is 8.50. The molecule has 0 aliphatic heterocycles. The Bertz CT molecular complexity index is 935. The van der Waals surface area contributed by atoms with Gasteiger partial charge in [-0.25, -0.2) is 0 Å². The molecule has 0 unspecified atom stereocenters. The molecule has 8 heteroatoms. The van der Waals surface area contributed by atoms with Crippen molar-refractivity contribution in [3.05, 3.63) is 53.1 Å². The summed E-state index contributed by atoms with van der Waals surface area (Å²) < 4.78 is 5.73. The first-order valence-electron chi connectivity index (χ1n) is 11.4. The van der Waals surface area contributed by atoms with Crippen molar-refractivity contribution in [1.82, 2.24) is 5.32 Å². The smallest absolute Gasteiger partial charge is 0.257 e. The molecular weight excluding hydrogens is 458 g/mol. The Balaban J connectivity index is 1.85. The van der Waals surface area contributed by atoms with Crippen LogP contribution in [0.4, 0.5) is 11.4 Å². The van der Waals surface area contributed by atoms with E-state index in [0.717, 1.165) is 25.0 Å². The van der Waals surface area contributed by atoms with E-state index in [9.17, 15) is 9.59 Å². The van der Waals surface area contributed by atoms with Gasteiger partial charge in [0.05, 0.1) is 17.3 Å². The van der Waals surface area contributed by atoms with Gasteiger partial charge in [-0.2, -0.15) is 0 Å². The van der Waals surface area contributed by atoms with Crippen LogP contribution in [0.25, 0.3) is 0 Å². The van der Waals surface area contributed by atoms with Gasteiger partial charge in [0, 0.05) is 17.7 Å². The summed E-state index contributed by atoms with van der Waals surface area (Å²) in [6.07, 6.45) is 7.09. The topological polar surface area (TPSA) is 79.5 Å². The van der Waals surface area contributed by atoms with Gasteiger partial charge in [-0.15, -0.1) is 0 Å². The second-order valence-electron chi connectivity index (χ2n) is 7.69. The van der Waals surface area contributed by atoms with E-state index in [4.69, 9.17) is 28.6 Å². The Morgan fingerprint density at radius 1 is 0.939 bits per heavy atom. The zero-order valence-electron chi connectivity index (χ0n) is 19.2. The van der Waals surface area contributed by atoms with Gasteiger partial charge in [0.1, 0.15) is 5.75 Å². The molecular formula is C25H32ClN3O3S. The first kappa shape index (κ1) is 26.6. The molecule has 178 valence electrons. The van der Waals surface area contributed by atoms with Crippen LogP contribution in [0.3, 0.4) is 0 Å². The number of halogens is 1. The Labute approximate surface area is 206 Å². The van der Waals surface area contributed by atoms with E-state index < -0.39 is 0 Å². The van der Waals surface area contributed by atoms with Crippen molar-refractivity contribution in [2.75, 3.05) is 17.2 Å². The fourth-order valence-corrected chi connectivity index (χ4v) is 3.44. The first-order valence-corrected chi connectivity index (χ1v) is 12.2. The number of nitrogens with one attached hydrogen (secondary N) is 3. The summed E-state index contributed by atoms with van der Waals surface area (Å²) in [6, 6.07) is 12.0. The van der Waals surface area contributed by atoms with Crippen LogP contribution in [0.1, 0.15) is 69.2 Å². The van der Waals surface area contributed by atoms with E-state index in [1.807, 2.05) is 6.92 Å². The molecule has 0 saturated heterocycles. The SMILES string of the molecule is CCCCCCCOc1ccc(C(=O)NC(=S)Nc2cc(NC(=O)CCC)ccc2Cl)cc1. The summed E-state index contributed by atoms with van der Waals surface area (Å²) in [7, 11) is 0. The quantitative estimate of drug-likeness (QED) is 0.232. The molecule has 0 atom stereocenters. The molecule has 3 N–H and O–H groups in total. The highest BCUT2D eigenvalue weighted by molar-refractivity contribution is 7.80. The van der Waals surface area contributed by atoms with Crippen LogP contribution in [0, 0.1) is 0 Å². The van der Waals surface area contributed by atoms with E-state index in [1.165, 1.54) is 19.3 Å². The van der Waals surface area contributed by atoms with Gasteiger partial charge in [0.15, 0.2) is 5.11 Å². The van der Waals surface area contributed by atoms with Crippen LogP contribution in [0.2, 0.25) is 5.02 Å². The van der Waals surface area contributed by atoms with Gasteiger partial charge in [0.25, 0.3) is 5.91 Å². The highest BCUT2D eigenvalue weighted by Crippen LogP contribution is 2.25. The molecule has 2 rings (SSSR count). The van der Waals surface area contributed by atoms with Crippen LogP contribution < -0.4 is 20.7 Å². The van der Waals surface area contributed by atoms with Crippen molar-refractivity contribution < 1.29 is 14.3 Å². The number of benzene rings is 2. The molecule has 0 aliphatic carbocycles. The average Bonchev–Trinajstić information content (AvgIpc) is 2.79. The van der Waals surface area contributed by atoms with Crippen LogP contribution in [0.15, 0.2) is 42.5 Å². The number of carbonyl (C=O) groups is 2. The molecule has 0 heterocycles. The van der Waals surface area contributed by atoms with E-state index in [1.54, 1.807) is 42.5 Å². The molecule has 0 aliphatic rings. The monoisotopic (exact) mass is 489 g/mol. The maximum absolute atomic E-state index is 12.5. The minimum Gasteiger partial charge on any atom is -0.494 e. The lowest BCUT2D eigenvalue weighted by Crippen LogP contribution is -2.34. The van der Waals surface area contributed by atoms with E-state index >= 15 is 0 Å². The van der Waals surface area contributed by atoms with Gasteiger partial charge in [0.2, 0.25) is 5.91 Å². The summed E-state index contributed by atoms with van der Waals surface area (Å²) in [5.74, 6) is 0.309. The molecule has 2 amide bonds. The van der Waals surface area contributed by atoms with Crippen molar-refractivity contribution in [2.45, 2.75) is 58.8 Å². The molecule has 0 radical (unpaired) electrons. The number of unbranched alkanes of at least 4 members (excludes halogenated alkanes) is 4. The minimum absolute atomic E-state index is 0.0782. The molecule has 0 saturated carbocycles. The summed E-state index contributed by atoms with van der Waals surface area (Å²) in [5, 5.41) is 8.87.